The van der Waals surface area contributed by atoms with Crippen LogP contribution in [0, 0.1) is 0 Å². The third kappa shape index (κ3) is 4.28. The second-order valence-electron chi connectivity index (χ2n) is 3.90. The van der Waals surface area contributed by atoms with E-state index in [9.17, 15) is 8.78 Å². The minimum atomic E-state index is -2.79. The first kappa shape index (κ1) is 13.9. The largest absolute Gasteiger partial charge is 0.435 e. The van der Waals surface area contributed by atoms with E-state index in [-0.39, 0.29) is 11.8 Å². The normalized spacial score (nSPS) is 13.1. The van der Waals surface area contributed by atoms with Crippen LogP contribution in [0.3, 0.4) is 0 Å². The maximum atomic E-state index is 12.1. The Hall–Kier alpha value is -1.20. The molecule has 1 aromatic carbocycles. The van der Waals surface area contributed by atoms with E-state index in [0.29, 0.717) is 6.54 Å². The summed E-state index contributed by atoms with van der Waals surface area (Å²) in [5, 5.41) is 0. The van der Waals surface area contributed by atoms with Gasteiger partial charge in [0, 0.05) is 19.1 Å². The third-order valence-corrected chi connectivity index (χ3v) is 2.71. The summed E-state index contributed by atoms with van der Waals surface area (Å²) in [4.78, 5) is 2.06. The zero-order valence-corrected chi connectivity index (χ0v) is 10.1. The van der Waals surface area contributed by atoms with Crippen LogP contribution in [0.15, 0.2) is 24.3 Å². The quantitative estimate of drug-likeness (QED) is 0.834. The topological polar surface area (TPSA) is 38.5 Å². The Morgan fingerprint density at radius 2 is 2.12 bits per heavy atom. The van der Waals surface area contributed by atoms with Gasteiger partial charge in [-0.25, -0.2) is 0 Å². The van der Waals surface area contributed by atoms with Crippen LogP contribution < -0.4 is 10.5 Å². The summed E-state index contributed by atoms with van der Waals surface area (Å²) < 4.78 is 28.5. The molecule has 96 valence electrons. The molecule has 0 heterocycles. The highest BCUT2D eigenvalue weighted by molar-refractivity contribution is 5.30. The second kappa shape index (κ2) is 6.51. The number of hydrogen-bond donors (Lipinski definition) is 1. The van der Waals surface area contributed by atoms with Crippen molar-refractivity contribution in [2.75, 3.05) is 20.1 Å². The number of likely N-dealkylation sites (N-methyl/N-ethyl adjacent to an activating group) is 1. The van der Waals surface area contributed by atoms with Crippen LogP contribution in [-0.4, -0.2) is 31.6 Å². The molecule has 1 atom stereocenters. The Bertz CT molecular complexity index is 347. The number of hydrogen-bond acceptors (Lipinski definition) is 3. The van der Waals surface area contributed by atoms with Gasteiger partial charge in [0.1, 0.15) is 5.75 Å². The second-order valence-corrected chi connectivity index (χ2v) is 3.90. The smallest absolute Gasteiger partial charge is 0.387 e. The summed E-state index contributed by atoms with van der Waals surface area (Å²) in [5.41, 5.74) is 6.41. The van der Waals surface area contributed by atoms with Crippen molar-refractivity contribution >= 4 is 0 Å². The van der Waals surface area contributed by atoms with Gasteiger partial charge >= 0.3 is 6.61 Å². The average Bonchev–Trinajstić information content (AvgIpc) is 2.28. The zero-order chi connectivity index (χ0) is 12.8. The fraction of sp³-hybridized carbons (Fsp3) is 0.500. The molecule has 0 radical (unpaired) electrons. The first-order valence-electron chi connectivity index (χ1n) is 5.49. The lowest BCUT2D eigenvalue weighted by Gasteiger charge is -2.24. The van der Waals surface area contributed by atoms with Crippen molar-refractivity contribution in [3.8, 4) is 5.75 Å². The van der Waals surface area contributed by atoms with Crippen molar-refractivity contribution in [2.45, 2.75) is 19.6 Å². The van der Waals surface area contributed by atoms with Gasteiger partial charge in [-0.15, -0.1) is 0 Å². The summed E-state index contributed by atoms with van der Waals surface area (Å²) in [7, 11) is 1.94. The van der Waals surface area contributed by atoms with Gasteiger partial charge in [-0.3, -0.25) is 4.90 Å². The van der Waals surface area contributed by atoms with Crippen molar-refractivity contribution in [1.82, 2.24) is 4.90 Å². The molecule has 17 heavy (non-hydrogen) atoms. The zero-order valence-electron chi connectivity index (χ0n) is 10.1. The van der Waals surface area contributed by atoms with Crippen LogP contribution >= 0.6 is 0 Å². The predicted molar refractivity (Wildman–Crippen MR) is 63.2 cm³/mol. The first-order valence-corrected chi connectivity index (χ1v) is 5.49. The van der Waals surface area contributed by atoms with E-state index in [4.69, 9.17) is 5.73 Å². The lowest BCUT2D eigenvalue weighted by molar-refractivity contribution is -0.0499. The number of halogens is 2. The summed E-state index contributed by atoms with van der Waals surface area (Å²) in [5.74, 6) is 0.186. The minimum absolute atomic E-state index is 0.111. The van der Waals surface area contributed by atoms with Crippen LogP contribution in [0.5, 0.6) is 5.75 Å². The molecule has 0 spiro atoms. The summed E-state index contributed by atoms with van der Waals surface area (Å²) in [6, 6.07) is 6.85. The van der Waals surface area contributed by atoms with Gasteiger partial charge in [0.25, 0.3) is 0 Å². The number of alkyl halides is 2. The highest BCUT2D eigenvalue weighted by Crippen LogP contribution is 2.23. The van der Waals surface area contributed by atoms with Gasteiger partial charge in [-0.05, 0) is 31.7 Å². The van der Waals surface area contributed by atoms with Crippen molar-refractivity contribution in [1.29, 1.82) is 0 Å². The number of benzene rings is 1. The van der Waals surface area contributed by atoms with Crippen LogP contribution in [0.1, 0.15) is 18.5 Å². The molecule has 1 aromatic rings. The summed E-state index contributed by atoms with van der Waals surface area (Å²) in [6.45, 7) is 0.522. The molecule has 0 aliphatic heterocycles. The summed E-state index contributed by atoms with van der Waals surface area (Å²) >= 11 is 0. The van der Waals surface area contributed by atoms with Gasteiger partial charge in [0.2, 0.25) is 0 Å². The molecule has 0 saturated carbocycles. The van der Waals surface area contributed by atoms with E-state index in [0.717, 1.165) is 12.1 Å². The van der Waals surface area contributed by atoms with E-state index in [1.807, 2.05) is 20.0 Å². The molecule has 0 aliphatic rings. The highest BCUT2D eigenvalue weighted by atomic mass is 19.3. The monoisotopic (exact) mass is 244 g/mol. The van der Waals surface area contributed by atoms with Crippen molar-refractivity contribution in [3.05, 3.63) is 29.8 Å². The van der Waals surface area contributed by atoms with E-state index in [2.05, 4.69) is 9.64 Å². The Kier molecular flexibility index (Phi) is 5.31. The van der Waals surface area contributed by atoms with Gasteiger partial charge in [0.05, 0.1) is 0 Å². The van der Waals surface area contributed by atoms with Crippen molar-refractivity contribution in [3.63, 3.8) is 0 Å². The van der Waals surface area contributed by atoms with Gasteiger partial charge < -0.3 is 10.5 Å². The molecule has 0 bridgehead atoms. The molecule has 0 amide bonds. The molecule has 2 N–H and O–H groups in total. The molecular weight excluding hydrogens is 226 g/mol. The van der Waals surface area contributed by atoms with E-state index < -0.39 is 6.61 Å². The predicted octanol–water partition coefficient (Wildman–Crippen LogP) is 2.24. The molecule has 1 rings (SSSR count). The molecule has 0 fully saturated rings. The molecule has 0 saturated heterocycles. The lowest BCUT2D eigenvalue weighted by atomic mass is 10.1. The van der Waals surface area contributed by atoms with E-state index >= 15 is 0 Å². The van der Waals surface area contributed by atoms with Gasteiger partial charge in [-0.1, -0.05) is 12.1 Å². The number of ether oxygens (including phenoxy) is 1. The van der Waals surface area contributed by atoms with E-state index in [1.54, 1.807) is 12.1 Å². The third-order valence-electron chi connectivity index (χ3n) is 2.71. The minimum Gasteiger partial charge on any atom is -0.435 e. The van der Waals surface area contributed by atoms with E-state index in [1.165, 1.54) is 6.07 Å². The van der Waals surface area contributed by atoms with Crippen LogP contribution in [0.25, 0.3) is 0 Å². The molecule has 0 aromatic heterocycles. The van der Waals surface area contributed by atoms with Gasteiger partial charge in [0.15, 0.2) is 0 Å². The maximum absolute atomic E-state index is 12.1. The fourth-order valence-electron chi connectivity index (χ4n) is 1.60. The molecule has 1 unspecified atom stereocenters. The Balaban J connectivity index is 2.76. The SMILES string of the molecule is CC(c1cccc(OC(F)F)c1)N(C)CCN. The first-order chi connectivity index (χ1) is 8.04. The number of nitrogens with two attached hydrogens (primary N) is 1. The van der Waals surface area contributed by atoms with Gasteiger partial charge in [-0.2, -0.15) is 8.78 Å². The maximum Gasteiger partial charge on any atom is 0.387 e. The Labute approximate surface area is 100 Å². The lowest BCUT2D eigenvalue weighted by Crippen LogP contribution is -2.28. The van der Waals surface area contributed by atoms with Crippen molar-refractivity contribution in [2.24, 2.45) is 5.73 Å². The van der Waals surface area contributed by atoms with Crippen LogP contribution in [0.4, 0.5) is 8.78 Å². The molecule has 3 nitrogen and oxygen atoms in total. The fourth-order valence-corrected chi connectivity index (χ4v) is 1.60. The number of nitrogens with zero attached hydrogens (tertiary/aromatic N) is 1. The average molecular weight is 244 g/mol. The standard InChI is InChI=1S/C12H18F2N2O/c1-9(16(2)7-6-15)10-4-3-5-11(8-10)17-12(13)14/h3-5,8-9,12H,6-7,15H2,1-2H3. The highest BCUT2D eigenvalue weighted by Gasteiger charge is 2.12. The molecule has 0 aliphatic carbocycles. The van der Waals surface area contributed by atoms with Crippen molar-refractivity contribution < 1.29 is 13.5 Å². The van der Waals surface area contributed by atoms with Crippen LogP contribution in [-0.2, 0) is 0 Å². The Morgan fingerprint density at radius 3 is 2.71 bits per heavy atom. The van der Waals surface area contributed by atoms with Crippen LogP contribution in [0.2, 0.25) is 0 Å². The number of rotatable bonds is 6. The summed E-state index contributed by atoms with van der Waals surface area (Å²) in [6.07, 6.45) is 0. The molecule has 5 heteroatoms. The molecular formula is C12H18F2N2O. The Morgan fingerprint density at radius 1 is 1.41 bits per heavy atom.